The summed E-state index contributed by atoms with van der Waals surface area (Å²) in [6, 6.07) is 11.8. The van der Waals surface area contributed by atoms with Gasteiger partial charge in [0.25, 0.3) is 5.91 Å². The van der Waals surface area contributed by atoms with Gasteiger partial charge in [0, 0.05) is 37.4 Å². The van der Waals surface area contributed by atoms with E-state index in [2.05, 4.69) is 17.0 Å². The van der Waals surface area contributed by atoms with Crippen LogP contribution in [-0.4, -0.2) is 49.1 Å². The van der Waals surface area contributed by atoms with E-state index in [0.29, 0.717) is 18.7 Å². The Balaban J connectivity index is 1.53. The fourth-order valence-electron chi connectivity index (χ4n) is 2.93. The van der Waals surface area contributed by atoms with Crippen molar-refractivity contribution in [2.45, 2.75) is 20.0 Å². The van der Waals surface area contributed by atoms with Crippen LogP contribution in [0, 0.1) is 6.92 Å². The standard InChI is InChI=1S/C19H22N2O4/c1-14-8-13-24-17(14)19(23)25-15(2)18(22)21-11-9-20(10-12-21)16-6-4-3-5-7-16/h3-8,13,15H,9-12H2,1-2H3. The fourth-order valence-corrected chi connectivity index (χ4v) is 2.93. The number of amides is 1. The molecule has 1 atom stereocenters. The number of carbonyl (C=O) groups is 2. The van der Waals surface area contributed by atoms with Crippen molar-refractivity contribution in [3.05, 3.63) is 54.0 Å². The van der Waals surface area contributed by atoms with Gasteiger partial charge in [-0.1, -0.05) is 18.2 Å². The van der Waals surface area contributed by atoms with Crippen LogP contribution in [0.5, 0.6) is 0 Å². The molecule has 0 bridgehead atoms. The Kier molecular flexibility index (Phi) is 5.07. The van der Waals surface area contributed by atoms with E-state index in [4.69, 9.17) is 9.15 Å². The van der Waals surface area contributed by atoms with Gasteiger partial charge in [-0.2, -0.15) is 0 Å². The maximum Gasteiger partial charge on any atom is 0.375 e. The Hall–Kier alpha value is -2.76. The summed E-state index contributed by atoms with van der Waals surface area (Å²) in [6.45, 7) is 6.09. The molecular formula is C19H22N2O4. The van der Waals surface area contributed by atoms with Crippen LogP contribution >= 0.6 is 0 Å². The van der Waals surface area contributed by atoms with Gasteiger partial charge in [-0.15, -0.1) is 0 Å². The van der Waals surface area contributed by atoms with Crippen molar-refractivity contribution in [1.82, 2.24) is 4.90 Å². The Morgan fingerprint density at radius 2 is 1.76 bits per heavy atom. The van der Waals surface area contributed by atoms with Crippen molar-refractivity contribution >= 4 is 17.6 Å². The average Bonchev–Trinajstić information content (AvgIpc) is 3.08. The normalized spacial score (nSPS) is 15.8. The van der Waals surface area contributed by atoms with Gasteiger partial charge in [0.15, 0.2) is 6.10 Å². The highest BCUT2D eigenvalue weighted by molar-refractivity contribution is 5.91. The summed E-state index contributed by atoms with van der Waals surface area (Å²) in [5.41, 5.74) is 1.85. The van der Waals surface area contributed by atoms with Crippen LogP contribution in [0.2, 0.25) is 0 Å². The number of hydrogen-bond donors (Lipinski definition) is 0. The number of furan rings is 1. The molecule has 1 saturated heterocycles. The van der Waals surface area contributed by atoms with Gasteiger partial charge in [0.2, 0.25) is 5.76 Å². The topological polar surface area (TPSA) is 63.0 Å². The van der Waals surface area contributed by atoms with Crippen molar-refractivity contribution in [3.8, 4) is 0 Å². The van der Waals surface area contributed by atoms with Crippen LogP contribution in [-0.2, 0) is 9.53 Å². The Labute approximate surface area is 147 Å². The average molecular weight is 342 g/mol. The SMILES string of the molecule is Cc1ccoc1C(=O)OC(C)C(=O)N1CCN(c2ccccc2)CC1. The number of carbonyl (C=O) groups excluding carboxylic acids is 2. The van der Waals surface area contributed by atoms with Crippen molar-refractivity contribution in [1.29, 1.82) is 0 Å². The third kappa shape index (κ3) is 3.84. The molecule has 1 aromatic carbocycles. The Bertz CT molecular complexity index is 733. The lowest BCUT2D eigenvalue weighted by Crippen LogP contribution is -2.51. The highest BCUT2D eigenvalue weighted by Gasteiger charge is 2.28. The summed E-state index contributed by atoms with van der Waals surface area (Å²) in [5, 5.41) is 0. The fraction of sp³-hybridized carbons (Fsp3) is 0.368. The van der Waals surface area contributed by atoms with Gasteiger partial charge in [-0.3, -0.25) is 4.79 Å². The molecule has 1 aromatic heterocycles. The van der Waals surface area contributed by atoms with Crippen LogP contribution in [0.4, 0.5) is 5.69 Å². The van der Waals surface area contributed by atoms with Crippen molar-refractivity contribution < 1.29 is 18.7 Å². The summed E-state index contributed by atoms with van der Waals surface area (Å²) in [5.74, 6) is -0.634. The number of anilines is 1. The molecule has 0 aliphatic carbocycles. The summed E-state index contributed by atoms with van der Waals surface area (Å²) < 4.78 is 10.4. The molecule has 6 nitrogen and oxygen atoms in total. The van der Waals surface area contributed by atoms with Crippen molar-refractivity contribution in [2.75, 3.05) is 31.1 Å². The molecule has 1 aliphatic heterocycles. The van der Waals surface area contributed by atoms with Crippen LogP contribution in [0.3, 0.4) is 0 Å². The number of benzene rings is 1. The predicted molar refractivity (Wildman–Crippen MR) is 93.6 cm³/mol. The number of ether oxygens (including phenoxy) is 1. The number of piperazine rings is 1. The zero-order chi connectivity index (χ0) is 17.8. The first kappa shape index (κ1) is 17.1. The van der Waals surface area contributed by atoms with E-state index in [1.54, 1.807) is 24.8 Å². The van der Waals surface area contributed by atoms with Crippen LogP contribution in [0.15, 0.2) is 47.1 Å². The molecule has 6 heteroatoms. The molecule has 2 aromatic rings. The maximum atomic E-state index is 12.5. The van der Waals surface area contributed by atoms with Gasteiger partial charge < -0.3 is 19.0 Å². The van der Waals surface area contributed by atoms with Gasteiger partial charge >= 0.3 is 5.97 Å². The summed E-state index contributed by atoms with van der Waals surface area (Å²) in [7, 11) is 0. The molecule has 25 heavy (non-hydrogen) atoms. The molecule has 0 saturated carbocycles. The molecule has 2 heterocycles. The lowest BCUT2D eigenvalue weighted by molar-refractivity contribution is -0.140. The van der Waals surface area contributed by atoms with E-state index in [1.165, 1.54) is 6.26 Å². The number of aryl methyl sites for hydroxylation is 1. The molecule has 1 unspecified atom stereocenters. The monoisotopic (exact) mass is 342 g/mol. The lowest BCUT2D eigenvalue weighted by atomic mass is 10.2. The molecule has 1 amide bonds. The van der Waals surface area contributed by atoms with Gasteiger partial charge in [-0.05, 0) is 32.0 Å². The van der Waals surface area contributed by atoms with Crippen LogP contribution < -0.4 is 4.90 Å². The third-order valence-electron chi connectivity index (χ3n) is 4.39. The number of rotatable bonds is 4. The third-order valence-corrected chi connectivity index (χ3v) is 4.39. The second-order valence-electron chi connectivity index (χ2n) is 6.13. The zero-order valence-electron chi connectivity index (χ0n) is 14.5. The Morgan fingerprint density at radius 3 is 2.36 bits per heavy atom. The van der Waals surface area contributed by atoms with Crippen LogP contribution in [0.25, 0.3) is 0 Å². The minimum atomic E-state index is -0.833. The van der Waals surface area contributed by atoms with Gasteiger partial charge in [0.05, 0.1) is 6.26 Å². The number of para-hydroxylation sites is 1. The molecule has 0 spiro atoms. The largest absolute Gasteiger partial charge is 0.457 e. The van der Waals surface area contributed by atoms with E-state index in [-0.39, 0.29) is 11.7 Å². The molecule has 132 valence electrons. The first-order valence-electron chi connectivity index (χ1n) is 8.40. The van der Waals surface area contributed by atoms with Crippen molar-refractivity contribution in [3.63, 3.8) is 0 Å². The van der Waals surface area contributed by atoms with Crippen LogP contribution in [0.1, 0.15) is 23.0 Å². The molecular weight excluding hydrogens is 320 g/mol. The van der Waals surface area contributed by atoms with E-state index >= 15 is 0 Å². The second-order valence-corrected chi connectivity index (χ2v) is 6.13. The molecule has 3 rings (SSSR count). The highest BCUT2D eigenvalue weighted by Crippen LogP contribution is 2.17. The Morgan fingerprint density at radius 1 is 1.08 bits per heavy atom. The summed E-state index contributed by atoms with van der Waals surface area (Å²) in [4.78, 5) is 28.6. The summed E-state index contributed by atoms with van der Waals surface area (Å²) in [6.07, 6.45) is 0.599. The van der Waals surface area contributed by atoms with Gasteiger partial charge in [0.1, 0.15) is 0 Å². The molecule has 0 N–H and O–H groups in total. The van der Waals surface area contributed by atoms with E-state index in [1.807, 2.05) is 18.2 Å². The molecule has 1 fully saturated rings. The minimum Gasteiger partial charge on any atom is -0.457 e. The zero-order valence-corrected chi connectivity index (χ0v) is 14.5. The smallest absolute Gasteiger partial charge is 0.375 e. The summed E-state index contributed by atoms with van der Waals surface area (Å²) >= 11 is 0. The van der Waals surface area contributed by atoms with E-state index in [0.717, 1.165) is 18.8 Å². The lowest BCUT2D eigenvalue weighted by Gasteiger charge is -2.36. The number of hydrogen-bond acceptors (Lipinski definition) is 5. The predicted octanol–water partition coefficient (Wildman–Crippen LogP) is 2.48. The van der Waals surface area contributed by atoms with Gasteiger partial charge in [-0.25, -0.2) is 4.79 Å². The quantitative estimate of drug-likeness (QED) is 0.799. The van der Waals surface area contributed by atoms with E-state index < -0.39 is 12.1 Å². The first-order chi connectivity index (χ1) is 12.1. The first-order valence-corrected chi connectivity index (χ1v) is 8.40. The molecule has 1 aliphatic rings. The number of nitrogens with zero attached hydrogens (tertiary/aromatic N) is 2. The highest BCUT2D eigenvalue weighted by atomic mass is 16.6. The minimum absolute atomic E-state index is 0.147. The second kappa shape index (κ2) is 7.42. The van der Waals surface area contributed by atoms with Crippen molar-refractivity contribution in [2.24, 2.45) is 0 Å². The molecule has 0 radical (unpaired) electrons. The number of esters is 1. The maximum absolute atomic E-state index is 12.5. The van der Waals surface area contributed by atoms with E-state index in [9.17, 15) is 9.59 Å².